The standard InChI is InChI=1S/C53H72N8O11S/c1-31(2)27-42(58-47(63)41(56-35(6)62)28-36-20-22-38(23-21-36)71-30-37-15-10-9-11-16-37)50(66)60-25-13-18-43(60)48(64)57-40(49(65)61-26-14-19-44(61)51(67)68)17-12-24-55-52(54)59-73(69,70)46-33(4)32(3)45-39(34(46)5)29-53(7,8)72-45/h9-11,15-16,20-23,31,40-44H,12-14,17-19,24-30H2,1-8H3,(H,56,62)(H,57,64)(H,58,63)(H,67,68)(H3,54,55,59)/t40-,41-,42-,43-,44-/m0/s1. The maximum absolute atomic E-state index is 14.5. The normalized spacial score (nSPS) is 18.6. The summed E-state index contributed by atoms with van der Waals surface area (Å²) in [5.74, 6) is -3.07. The lowest BCUT2D eigenvalue weighted by Gasteiger charge is -2.32. The van der Waals surface area contributed by atoms with Crippen molar-refractivity contribution in [3.63, 3.8) is 0 Å². The van der Waals surface area contributed by atoms with Crippen molar-refractivity contribution in [2.45, 2.75) is 160 Å². The van der Waals surface area contributed by atoms with Crippen LogP contribution < -0.4 is 35.9 Å². The lowest BCUT2D eigenvalue weighted by Crippen LogP contribution is -2.58. The number of fused-ring (bicyclic) bond motifs is 1. The first-order valence-electron chi connectivity index (χ1n) is 25.1. The minimum Gasteiger partial charge on any atom is -0.489 e. The number of nitrogens with zero attached hydrogens (tertiary/aromatic N) is 3. The Kier molecular flexibility index (Phi) is 18.2. The van der Waals surface area contributed by atoms with Gasteiger partial charge in [0.05, 0.1) is 4.90 Å². The van der Waals surface area contributed by atoms with Crippen LogP contribution >= 0.6 is 0 Å². The molecule has 2 saturated heterocycles. The summed E-state index contributed by atoms with van der Waals surface area (Å²) in [6.45, 7) is 14.9. The van der Waals surface area contributed by atoms with E-state index in [-0.39, 0.29) is 74.9 Å². The van der Waals surface area contributed by atoms with Crippen LogP contribution in [0, 0.1) is 26.7 Å². The number of hydrogen-bond acceptors (Lipinski definition) is 11. The molecule has 0 saturated carbocycles. The van der Waals surface area contributed by atoms with Crippen molar-refractivity contribution in [2.24, 2.45) is 16.6 Å². The molecule has 6 rings (SSSR count). The number of rotatable bonds is 21. The smallest absolute Gasteiger partial charge is 0.326 e. The van der Waals surface area contributed by atoms with Gasteiger partial charge in [0.1, 0.15) is 53.9 Å². The van der Waals surface area contributed by atoms with E-state index in [2.05, 4.69) is 25.7 Å². The highest BCUT2D eigenvalue weighted by atomic mass is 32.2. The van der Waals surface area contributed by atoms with Crippen LogP contribution in [0.5, 0.6) is 11.5 Å². The van der Waals surface area contributed by atoms with Gasteiger partial charge in [-0.25, -0.2) is 17.9 Å². The van der Waals surface area contributed by atoms with Gasteiger partial charge in [-0.1, -0.05) is 56.3 Å². The van der Waals surface area contributed by atoms with E-state index in [0.717, 1.165) is 16.7 Å². The number of aliphatic carboxylic acids is 1. The SMILES string of the molecule is CC(=O)N[C@@H](Cc1ccc(OCc2ccccc2)cc1)C(=O)N[C@@H](CC(C)C)C(=O)N1CCC[C@H]1C(=O)N[C@@H](CCCN=C(N)NS(=O)(=O)c1c(C)c(C)c2c(c1C)CC(C)(C)O2)C(=O)N1CCC[C@H]1C(=O)O. The van der Waals surface area contributed by atoms with Gasteiger partial charge >= 0.3 is 5.97 Å². The molecule has 0 radical (unpaired) electrons. The summed E-state index contributed by atoms with van der Waals surface area (Å²) in [6.07, 6.45) is 2.39. The van der Waals surface area contributed by atoms with Gasteiger partial charge in [0, 0.05) is 45.0 Å². The average Bonchev–Trinajstić information content (AvgIpc) is 4.10. The molecule has 396 valence electrons. The molecule has 73 heavy (non-hydrogen) atoms. The van der Waals surface area contributed by atoms with Gasteiger partial charge in [0.15, 0.2) is 0 Å². The molecule has 7 N–H and O–H groups in total. The molecule has 3 aromatic rings. The van der Waals surface area contributed by atoms with Gasteiger partial charge in [0.25, 0.3) is 10.0 Å². The summed E-state index contributed by atoms with van der Waals surface area (Å²) in [5, 5.41) is 18.4. The zero-order valence-corrected chi connectivity index (χ0v) is 44.0. The molecule has 0 aliphatic carbocycles. The Bertz CT molecular complexity index is 2680. The molecule has 5 amide bonds. The summed E-state index contributed by atoms with van der Waals surface area (Å²) < 4.78 is 42.0. The largest absolute Gasteiger partial charge is 0.489 e. The lowest BCUT2D eigenvalue weighted by atomic mass is 9.94. The van der Waals surface area contributed by atoms with Gasteiger partial charge in [-0.2, -0.15) is 0 Å². The summed E-state index contributed by atoms with van der Waals surface area (Å²) in [5.41, 5.74) is 9.99. The average molecular weight is 1030 g/mol. The number of amides is 5. The minimum absolute atomic E-state index is 0.0182. The van der Waals surface area contributed by atoms with E-state index >= 15 is 0 Å². The quantitative estimate of drug-likeness (QED) is 0.0500. The molecule has 0 unspecified atom stereocenters. The number of likely N-dealkylation sites (tertiary alicyclic amines) is 2. The van der Waals surface area contributed by atoms with E-state index in [4.69, 9.17) is 15.2 Å². The second-order valence-corrected chi connectivity index (χ2v) is 22.0. The maximum Gasteiger partial charge on any atom is 0.326 e. The molecule has 3 heterocycles. The lowest BCUT2D eigenvalue weighted by molar-refractivity contribution is -0.150. The number of nitrogens with two attached hydrogens (primary N) is 1. The van der Waals surface area contributed by atoms with E-state index in [1.54, 1.807) is 38.1 Å². The first-order valence-corrected chi connectivity index (χ1v) is 26.6. The third kappa shape index (κ3) is 14.1. The monoisotopic (exact) mass is 1030 g/mol. The first kappa shape index (κ1) is 55.6. The Labute approximate surface area is 428 Å². The number of carboxylic acids is 1. The van der Waals surface area contributed by atoms with Gasteiger partial charge in [-0.05, 0) is 125 Å². The molecular weight excluding hydrogens is 957 g/mol. The van der Waals surface area contributed by atoms with E-state index in [1.807, 2.05) is 65.0 Å². The second kappa shape index (κ2) is 23.9. The molecule has 5 atom stereocenters. The number of aliphatic imine (C=N–C) groups is 1. The molecule has 0 bridgehead atoms. The van der Waals surface area contributed by atoms with Crippen LogP contribution in [0.2, 0.25) is 0 Å². The Morgan fingerprint density at radius 3 is 2.10 bits per heavy atom. The van der Waals surface area contributed by atoms with Crippen LogP contribution in [0.4, 0.5) is 0 Å². The van der Waals surface area contributed by atoms with Gasteiger partial charge in [0.2, 0.25) is 35.5 Å². The van der Waals surface area contributed by atoms with Crippen molar-refractivity contribution in [1.82, 2.24) is 30.5 Å². The number of hydrogen-bond donors (Lipinski definition) is 6. The zero-order valence-electron chi connectivity index (χ0n) is 43.2. The summed E-state index contributed by atoms with van der Waals surface area (Å²) in [7, 11) is -4.20. The molecule has 0 spiro atoms. The van der Waals surface area contributed by atoms with Crippen molar-refractivity contribution in [3.05, 3.63) is 88.0 Å². The predicted octanol–water partition coefficient (Wildman–Crippen LogP) is 4.11. The number of benzene rings is 3. The Hall–Kier alpha value is -6.70. The highest BCUT2D eigenvalue weighted by Crippen LogP contribution is 2.43. The molecule has 3 aliphatic rings. The highest BCUT2D eigenvalue weighted by molar-refractivity contribution is 7.90. The molecular formula is C53H72N8O11S. The van der Waals surface area contributed by atoms with Crippen molar-refractivity contribution in [3.8, 4) is 11.5 Å². The predicted molar refractivity (Wildman–Crippen MR) is 274 cm³/mol. The highest BCUT2D eigenvalue weighted by Gasteiger charge is 2.42. The fraction of sp³-hybridized carbons (Fsp3) is 0.528. The zero-order chi connectivity index (χ0) is 53.4. The molecule has 19 nitrogen and oxygen atoms in total. The molecule has 3 aromatic carbocycles. The van der Waals surface area contributed by atoms with Crippen molar-refractivity contribution in [2.75, 3.05) is 19.6 Å². The first-order chi connectivity index (χ1) is 34.5. The van der Waals surface area contributed by atoms with Gasteiger partial charge < -0.3 is 46.1 Å². The number of carbonyl (C=O) groups is 6. The van der Waals surface area contributed by atoms with E-state index in [0.29, 0.717) is 54.1 Å². The Morgan fingerprint density at radius 1 is 0.836 bits per heavy atom. The number of nitrogens with one attached hydrogen (secondary N) is 4. The van der Waals surface area contributed by atoms with Crippen LogP contribution in [-0.2, 0) is 58.2 Å². The Balaban J connectivity index is 1.13. The topological polar surface area (TPSA) is 268 Å². The van der Waals surface area contributed by atoms with Gasteiger partial charge in [-0.15, -0.1) is 0 Å². The third-order valence-electron chi connectivity index (χ3n) is 13.6. The summed E-state index contributed by atoms with van der Waals surface area (Å²) >= 11 is 0. The van der Waals surface area contributed by atoms with Crippen molar-refractivity contribution in [1.29, 1.82) is 0 Å². The number of carbonyl (C=O) groups excluding carboxylic acids is 5. The number of carboxylic acid groups (broad SMARTS) is 1. The minimum atomic E-state index is -4.20. The summed E-state index contributed by atoms with van der Waals surface area (Å²) in [6, 6.07) is 11.4. The molecule has 3 aliphatic heterocycles. The molecule has 0 aromatic heterocycles. The molecule has 2 fully saturated rings. The van der Waals surface area contributed by atoms with Crippen molar-refractivity contribution >= 4 is 51.5 Å². The molecule has 20 heteroatoms. The number of guanidine groups is 1. The van der Waals surface area contributed by atoms with Crippen LogP contribution in [-0.4, -0.2) is 120 Å². The summed E-state index contributed by atoms with van der Waals surface area (Å²) in [4.78, 5) is 88.5. The number of ether oxygens (including phenoxy) is 2. The second-order valence-electron chi connectivity index (χ2n) is 20.4. The third-order valence-corrected chi connectivity index (χ3v) is 15.3. The van der Waals surface area contributed by atoms with Crippen molar-refractivity contribution < 1.29 is 51.8 Å². The van der Waals surface area contributed by atoms with E-state index in [1.165, 1.54) is 16.7 Å². The van der Waals surface area contributed by atoms with Gasteiger partial charge in [-0.3, -0.25) is 29.0 Å². The van der Waals surface area contributed by atoms with Crippen LogP contribution in [0.1, 0.15) is 113 Å². The van der Waals surface area contributed by atoms with Crippen LogP contribution in [0.15, 0.2) is 64.5 Å². The fourth-order valence-electron chi connectivity index (χ4n) is 10.00. The Morgan fingerprint density at radius 2 is 1.47 bits per heavy atom. The van der Waals surface area contributed by atoms with Crippen LogP contribution in [0.25, 0.3) is 0 Å². The van der Waals surface area contributed by atoms with Crippen LogP contribution in [0.3, 0.4) is 0 Å². The van der Waals surface area contributed by atoms with E-state index < -0.39 is 81.3 Å². The van der Waals surface area contributed by atoms with E-state index in [9.17, 15) is 42.3 Å². The maximum atomic E-state index is 14.5. The number of sulfonamides is 1. The fourth-order valence-corrected chi connectivity index (χ4v) is 11.5.